The number of rotatable bonds is 1. The van der Waals surface area contributed by atoms with Gasteiger partial charge in [-0.1, -0.05) is 6.92 Å². The second-order valence-electron chi connectivity index (χ2n) is 0.747. The highest BCUT2D eigenvalue weighted by molar-refractivity contribution is 5.66. The van der Waals surface area contributed by atoms with Crippen LogP contribution in [-0.4, -0.2) is 11.1 Å². The molecule has 2 nitrogen and oxygen atoms in total. The Bertz CT molecular complexity index is 63.7. The van der Waals surface area contributed by atoms with Gasteiger partial charge in [-0.2, -0.15) is 0 Å². The normalized spacial score (nSPS) is 5.57. The Morgan fingerprint density at radius 1 is 1.71 bits per heavy atom. The maximum absolute atomic E-state index is 9.37. The maximum Gasteiger partial charge on any atom is 0.303 e. The van der Waals surface area contributed by atoms with Gasteiger partial charge in [0.05, 0.1) is 0 Å². The fourth-order valence-corrected chi connectivity index (χ4v) is 0. The summed E-state index contributed by atoms with van der Waals surface area (Å²) in [5.41, 5.74) is 0. The lowest BCUT2D eigenvalue weighted by molar-refractivity contribution is -0.136. The van der Waals surface area contributed by atoms with Gasteiger partial charge in [0.2, 0.25) is 0 Å². The first-order chi connectivity index (χ1) is 3.27. The summed E-state index contributed by atoms with van der Waals surface area (Å²) in [7, 11) is 0. The topological polar surface area (TPSA) is 37.3 Å². The van der Waals surface area contributed by atoms with Crippen molar-refractivity contribution in [3.8, 4) is 12.8 Å². The van der Waals surface area contributed by atoms with Gasteiger partial charge in [0.25, 0.3) is 0 Å². The molecule has 7 heavy (non-hydrogen) atoms. The molecular formula is C5H8O2. The predicted molar refractivity (Wildman–Crippen MR) is 27.8 cm³/mol. The summed E-state index contributed by atoms with van der Waals surface area (Å²) in [6, 6.07) is 0. The van der Waals surface area contributed by atoms with Crippen molar-refractivity contribution in [1.82, 2.24) is 0 Å². The summed E-state index contributed by atoms with van der Waals surface area (Å²) < 4.78 is 0. The molecule has 0 aliphatic rings. The van der Waals surface area contributed by atoms with E-state index in [-0.39, 0.29) is 6.42 Å². The molecule has 0 aliphatic carbocycles. The maximum atomic E-state index is 9.37. The summed E-state index contributed by atoms with van der Waals surface area (Å²) in [6.45, 7) is 1.60. The van der Waals surface area contributed by atoms with Crippen LogP contribution in [0.2, 0.25) is 0 Å². The van der Waals surface area contributed by atoms with Crippen molar-refractivity contribution in [2.45, 2.75) is 13.3 Å². The van der Waals surface area contributed by atoms with Crippen molar-refractivity contribution >= 4 is 5.97 Å². The third kappa shape index (κ3) is 43.5. The van der Waals surface area contributed by atoms with Crippen molar-refractivity contribution in [3.05, 3.63) is 0 Å². The van der Waals surface area contributed by atoms with E-state index in [1.165, 1.54) is 0 Å². The van der Waals surface area contributed by atoms with Gasteiger partial charge < -0.3 is 5.11 Å². The van der Waals surface area contributed by atoms with Crippen LogP contribution in [-0.2, 0) is 4.79 Å². The number of carbonyl (C=O) groups is 1. The minimum absolute atomic E-state index is 0.222. The molecule has 0 spiro atoms. The lowest BCUT2D eigenvalue weighted by atomic mass is 10.5. The van der Waals surface area contributed by atoms with Crippen LogP contribution in [0.15, 0.2) is 0 Å². The average molecular weight is 100 g/mol. The quantitative estimate of drug-likeness (QED) is 0.493. The Morgan fingerprint density at radius 2 is 1.86 bits per heavy atom. The van der Waals surface area contributed by atoms with E-state index in [0.717, 1.165) is 0 Å². The second kappa shape index (κ2) is 8.90. The fraction of sp³-hybridized carbons (Fsp3) is 0.400. The first-order valence-corrected chi connectivity index (χ1v) is 1.82. The standard InChI is InChI=1S/C3H6O2.C2H2/c1-2-3(4)5;1-2/h2H2,1H3,(H,4,5);1-2H. The number of carboxylic acids is 1. The molecule has 0 aromatic rings. The molecule has 0 heterocycles. The van der Waals surface area contributed by atoms with Crippen molar-refractivity contribution in [2.75, 3.05) is 0 Å². The molecule has 0 aliphatic heterocycles. The van der Waals surface area contributed by atoms with E-state index in [4.69, 9.17) is 5.11 Å². The largest absolute Gasteiger partial charge is 0.481 e. The van der Waals surface area contributed by atoms with Gasteiger partial charge in [-0.15, -0.1) is 12.8 Å². The van der Waals surface area contributed by atoms with Crippen molar-refractivity contribution in [3.63, 3.8) is 0 Å². The van der Waals surface area contributed by atoms with Gasteiger partial charge in [0.1, 0.15) is 0 Å². The predicted octanol–water partition coefficient (Wildman–Crippen LogP) is 0.730. The first kappa shape index (κ1) is 9.39. The Kier molecular flexibility index (Phi) is 11.9. The molecule has 40 valence electrons. The van der Waals surface area contributed by atoms with Crippen LogP contribution < -0.4 is 0 Å². The van der Waals surface area contributed by atoms with E-state index < -0.39 is 5.97 Å². The molecule has 0 rings (SSSR count). The van der Waals surface area contributed by atoms with Gasteiger partial charge in [-0.25, -0.2) is 0 Å². The Hall–Kier alpha value is -0.970. The molecule has 0 bridgehead atoms. The number of carboxylic acid groups (broad SMARTS) is 1. The van der Waals surface area contributed by atoms with Gasteiger partial charge in [0, 0.05) is 6.42 Å². The van der Waals surface area contributed by atoms with Gasteiger partial charge in [-0.05, 0) is 0 Å². The minimum atomic E-state index is -0.745. The summed E-state index contributed by atoms with van der Waals surface area (Å²) in [5, 5.41) is 7.72. The van der Waals surface area contributed by atoms with Crippen LogP contribution in [0.3, 0.4) is 0 Å². The third-order valence-electron chi connectivity index (χ3n) is 0.302. The van der Waals surface area contributed by atoms with Crippen LogP contribution >= 0.6 is 0 Å². The summed E-state index contributed by atoms with van der Waals surface area (Å²) >= 11 is 0. The van der Waals surface area contributed by atoms with Gasteiger partial charge >= 0.3 is 5.97 Å². The Morgan fingerprint density at radius 3 is 1.86 bits per heavy atom. The SMILES string of the molecule is C#C.CCC(=O)O. The zero-order valence-corrected chi connectivity index (χ0v) is 4.22. The Labute approximate surface area is 43.2 Å². The summed E-state index contributed by atoms with van der Waals surface area (Å²) in [5.74, 6) is -0.745. The highest BCUT2D eigenvalue weighted by Crippen LogP contribution is 1.67. The number of hydrogen-bond donors (Lipinski definition) is 1. The van der Waals surface area contributed by atoms with Crippen LogP contribution in [0.1, 0.15) is 13.3 Å². The number of aliphatic carboxylic acids is 1. The van der Waals surface area contributed by atoms with Gasteiger partial charge in [-0.3, -0.25) is 4.79 Å². The second-order valence-corrected chi connectivity index (χ2v) is 0.747. The monoisotopic (exact) mass is 100 g/mol. The lowest BCUT2D eigenvalue weighted by Gasteiger charge is -1.71. The molecule has 1 N–H and O–H groups in total. The van der Waals surface area contributed by atoms with E-state index in [1.807, 2.05) is 0 Å². The van der Waals surface area contributed by atoms with Crippen LogP contribution in [0.5, 0.6) is 0 Å². The highest BCUT2D eigenvalue weighted by Gasteiger charge is 1.80. The molecule has 0 aromatic carbocycles. The van der Waals surface area contributed by atoms with Crippen LogP contribution in [0.25, 0.3) is 0 Å². The molecule has 2 heteroatoms. The summed E-state index contributed by atoms with van der Waals surface area (Å²) in [6.07, 6.45) is 8.22. The Balaban J connectivity index is 0. The van der Waals surface area contributed by atoms with E-state index in [9.17, 15) is 4.79 Å². The zero-order valence-electron chi connectivity index (χ0n) is 4.22. The van der Waals surface area contributed by atoms with Gasteiger partial charge in [0.15, 0.2) is 0 Å². The van der Waals surface area contributed by atoms with Crippen molar-refractivity contribution < 1.29 is 9.90 Å². The van der Waals surface area contributed by atoms with E-state index in [1.54, 1.807) is 6.92 Å². The van der Waals surface area contributed by atoms with Crippen molar-refractivity contribution in [2.24, 2.45) is 0 Å². The third-order valence-corrected chi connectivity index (χ3v) is 0.302. The fourth-order valence-electron chi connectivity index (χ4n) is 0. The first-order valence-electron chi connectivity index (χ1n) is 1.82. The molecule has 0 saturated carbocycles. The molecule has 0 fully saturated rings. The van der Waals surface area contributed by atoms with E-state index >= 15 is 0 Å². The minimum Gasteiger partial charge on any atom is -0.481 e. The molecule has 0 aromatic heterocycles. The molecule has 0 radical (unpaired) electrons. The van der Waals surface area contributed by atoms with Crippen molar-refractivity contribution in [1.29, 1.82) is 0 Å². The molecule has 0 saturated heterocycles. The van der Waals surface area contributed by atoms with Crippen LogP contribution in [0, 0.1) is 12.8 Å². The lowest BCUT2D eigenvalue weighted by Crippen LogP contribution is -1.86. The molecule has 0 amide bonds. The number of terminal acetylenes is 1. The number of hydrogen-bond acceptors (Lipinski definition) is 1. The zero-order chi connectivity index (χ0) is 6.28. The molecular weight excluding hydrogens is 92.1 g/mol. The molecule has 0 unspecified atom stereocenters. The van der Waals surface area contributed by atoms with E-state index in [2.05, 4.69) is 12.8 Å². The smallest absolute Gasteiger partial charge is 0.303 e. The van der Waals surface area contributed by atoms with Crippen LogP contribution in [0.4, 0.5) is 0 Å². The highest BCUT2D eigenvalue weighted by atomic mass is 16.4. The average Bonchev–Trinajstić information content (AvgIpc) is 1.73. The van der Waals surface area contributed by atoms with E-state index in [0.29, 0.717) is 0 Å². The molecule has 0 atom stereocenters. The summed E-state index contributed by atoms with van der Waals surface area (Å²) in [4.78, 5) is 9.37.